The van der Waals surface area contributed by atoms with E-state index in [0.717, 1.165) is 56.7 Å². The molecule has 3 heteroatoms. The molecule has 2 nitrogen and oxygen atoms in total. The van der Waals surface area contributed by atoms with E-state index in [0.29, 0.717) is 0 Å². The molecule has 0 unspecified atom stereocenters. The summed E-state index contributed by atoms with van der Waals surface area (Å²) < 4.78 is 13.7. The highest BCUT2D eigenvalue weighted by molar-refractivity contribution is 5.49. The highest BCUT2D eigenvalue weighted by Crippen LogP contribution is 2.19. The molecule has 0 aliphatic heterocycles. The molecule has 0 aliphatic rings. The van der Waals surface area contributed by atoms with Crippen molar-refractivity contribution in [2.45, 2.75) is 46.6 Å². The lowest BCUT2D eigenvalue weighted by Crippen LogP contribution is -2.25. The summed E-state index contributed by atoms with van der Waals surface area (Å²) in [5.74, 6) is -0.136. The van der Waals surface area contributed by atoms with Crippen LogP contribution in [-0.4, -0.2) is 19.6 Å². The number of anilines is 1. The Hall–Kier alpha value is -1.09. The van der Waals surface area contributed by atoms with Crippen molar-refractivity contribution in [3.8, 4) is 0 Å². The third-order valence-corrected chi connectivity index (χ3v) is 3.05. The van der Waals surface area contributed by atoms with E-state index in [9.17, 15) is 4.39 Å². The molecule has 0 saturated heterocycles. The van der Waals surface area contributed by atoms with Crippen LogP contribution in [0.25, 0.3) is 0 Å². The molecule has 19 heavy (non-hydrogen) atoms. The second-order valence-electron chi connectivity index (χ2n) is 4.98. The minimum Gasteiger partial charge on any atom is -0.371 e. The van der Waals surface area contributed by atoms with Crippen LogP contribution in [0.15, 0.2) is 18.2 Å². The first-order valence-electron chi connectivity index (χ1n) is 7.46. The second-order valence-corrected chi connectivity index (χ2v) is 4.98. The van der Waals surface area contributed by atoms with E-state index in [1.165, 1.54) is 0 Å². The minimum absolute atomic E-state index is 0.136. The average molecular weight is 266 g/mol. The van der Waals surface area contributed by atoms with Crippen molar-refractivity contribution in [3.05, 3.63) is 29.6 Å². The standard InChI is InChI=1S/C16H27FN2/c1-4-7-18-13-14-10-15(17)12-16(11-14)19(8-5-2)9-6-3/h10-12,18H,4-9,13H2,1-3H3. The van der Waals surface area contributed by atoms with Gasteiger partial charge < -0.3 is 10.2 Å². The van der Waals surface area contributed by atoms with Crippen LogP contribution in [0.1, 0.15) is 45.6 Å². The summed E-state index contributed by atoms with van der Waals surface area (Å²) in [6, 6.07) is 5.38. The van der Waals surface area contributed by atoms with Gasteiger partial charge in [0.1, 0.15) is 5.82 Å². The van der Waals surface area contributed by atoms with Crippen LogP contribution in [0.5, 0.6) is 0 Å². The van der Waals surface area contributed by atoms with Gasteiger partial charge in [-0.15, -0.1) is 0 Å². The first-order valence-corrected chi connectivity index (χ1v) is 7.46. The van der Waals surface area contributed by atoms with E-state index in [4.69, 9.17) is 0 Å². The van der Waals surface area contributed by atoms with Gasteiger partial charge in [0.25, 0.3) is 0 Å². The van der Waals surface area contributed by atoms with Gasteiger partial charge in [0.15, 0.2) is 0 Å². The zero-order valence-electron chi connectivity index (χ0n) is 12.5. The zero-order valence-corrected chi connectivity index (χ0v) is 12.5. The molecule has 1 rings (SSSR count). The lowest BCUT2D eigenvalue weighted by Gasteiger charge is -2.24. The molecular weight excluding hydrogens is 239 g/mol. The molecule has 108 valence electrons. The third kappa shape index (κ3) is 5.60. The van der Waals surface area contributed by atoms with Crippen LogP contribution in [0.2, 0.25) is 0 Å². The summed E-state index contributed by atoms with van der Waals surface area (Å²) in [7, 11) is 0. The van der Waals surface area contributed by atoms with Gasteiger partial charge in [0, 0.05) is 25.3 Å². The summed E-state index contributed by atoms with van der Waals surface area (Å²) in [6.45, 7) is 10.1. The van der Waals surface area contributed by atoms with Crippen LogP contribution in [0, 0.1) is 5.82 Å². The topological polar surface area (TPSA) is 15.3 Å². The van der Waals surface area contributed by atoms with Gasteiger partial charge in [-0.1, -0.05) is 20.8 Å². The van der Waals surface area contributed by atoms with E-state index in [1.54, 1.807) is 12.1 Å². The zero-order chi connectivity index (χ0) is 14.1. The van der Waals surface area contributed by atoms with Crippen molar-refractivity contribution in [2.24, 2.45) is 0 Å². The quantitative estimate of drug-likeness (QED) is 0.681. The Labute approximate surface area is 117 Å². The molecule has 0 amide bonds. The fourth-order valence-corrected chi connectivity index (χ4v) is 2.24. The van der Waals surface area contributed by atoms with Gasteiger partial charge in [0.2, 0.25) is 0 Å². The van der Waals surface area contributed by atoms with Crippen LogP contribution in [0.4, 0.5) is 10.1 Å². The smallest absolute Gasteiger partial charge is 0.125 e. The maximum absolute atomic E-state index is 13.7. The number of rotatable bonds is 9. The average Bonchev–Trinajstić information content (AvgIpc) is 2.38. The Kier molecular flexibility index (Phi) is 7.49. The normalized spacial score (nSPS) is 10.7. The van der Waals surface area contributed by atoms with Gasteiger partial charge in [-0.3, -0.25) is 0 Å². The van der Waals surface area contributed by atoms with Gasteiger partial charge in [-0.25, -0.2) is 4.39 Å². The van der Waals surface area contributed by atoms with E-state index in [1.807, 2.05) is 0 Å². The molecular formula is C16H27FN2. The fraction of sp³-hybridized carbons (Fsp3) is 0.625. The molecule has 0 atom stereocenters. The van der Waals surface area contributed by atoms with Crippen LogP contribution in [0.3, 0.4) is 0 Å². The van der Waals surface area contributed by atoms with Crippen molar-refractivity contribution in [3.63, 3.8) is 0 Å². The van der Waals surface area contributed by atoms with Crippen molar-refractivity contribution in [1.29, 1.82) is 0 Å². The number of nitrogens with one attached hydrogen (secondary N) is 1. The summed E-state index contributed by atoms with van der Waals surface area (Å²) in [4.78, 5) is 2.27. The highest BCUT2D eigenvalue weighted by Gasteiger charge is 2.07. The first-order chi connectivity index (χ1) is 9.21. The summed E-state index contributed by atoms with van der Waals surface area (Å²) in [5.41, 5.74) is 2.04. The Morgan fingerprint density at radius 3 is 2.26 bits per heavy atom. The van der Waals surface area contributed by atoms with E-state index < -0.39 is 0 Å². The number of halogens is 1. The molecule has 0 heterocycles. The molecule has 0 spiro atoms. The Morgan fingerprint density at radius 1 is 1.00 bits per heavy atom. The number of hydrogen-bond donors (Lipinski definition) is 1. The summed E-state index contributed by atoms with van der Waals surface area (Å²) in [5, 5.41) is 3.32. The molecule has 1 aromatic carbocycles. The maximum atomic E-state index is 13.7. The SMILES string of the molecule is CCCNCc1cc(F)cc(N(CCC)CCC)c1. The Balaban J connectivity index is 2.80. The van der Waals surface area contributed by atoms with E-state index in [2.05, 4.69) is 37.1 Å². The van der Waals surface area contributed by atoms with Gasteiger partial charge >= 0.3 is 0 Å². The molecule has 0 aliphatic carbocycles. The van der Waals surface area contributed by atoms with Crippen LogP contribution < -0.4 is 10.2 Å². The van der Waals surface area contributed by atoms with Crippen molar-refractivity contribution in [2.75, 3.05) is 24.5 Å². The fourth-order valence-electron chi connectivity index (χ4n) is 2.24. The molecule has 1 aromatic rings. The molecule has 0 radical (unpaired) electrons. The lowest BCUT2D eigenvalue weighted by atomic mass is 10.1. The highest BCUT2D eigenvalue weighted by atomic mass is 19.1. The van der Waals surface area contributed by atoms with Gasteiger partial charge in [-0.05, 0) is 49.6 Å². The van der Waals surface area contributed by atoms with Gasteiger partial charge in [-0.2, -0.15) is 0 Å². The lowest BCUT2D eigenvalue weighted by molar-refractivity contribution is 0.617. The molecule has 1 N–H and O–H groups in total. The maximum Gasteiger partial charge on any atom is 0.125 e. The predicted octanol–water partition coefficient (Wildman–Crippen LogP) is 3.95. The Bertz CT molecular complexity index is 360. The number of benzene rings is 1. The summed E-state index contributed by atoms with van der Waals surface area (Å²) >= 11 is 0. The largest absolute Gasteiger partial charge is 0.371 e. The van der Waals surface area contributed by atoms with Crippen molar-refractivity contribution in [1.82, 2.24) is 5.32 Å². The first kappa shape index (κ1) is 16.0. The van der Waals surface area contributed by atoms with E-state index in [-0.39, 0.29) is 5.82 Å². The van der Waals surface area contributed by atoms with Gasteiger partial charge in [0.05, 0.1) is 0 Å². The molecule has 0 fully saturated rings. The molecule has 0 aromatic heterocycles. The van der Waals surface area contributed by atoms with Crippen LogP contribution >= 0.6 is 0 Å². The number of nitrogens with zero attached hydrogens (tertiary/aromatic N) is 1. The van der Waals surface area contributed by atoms with Crippen molar-refractivity contribution < 1.29 is 4.39 Å². The minimum atomic E-state index is -0.136. The van der Waals surface area contributed by atoms with Crippen LogP contribution in [-0.2, 0) is 6.54 Å². The van der Waals surface area contributed by atoms with E-state index >= 15 is 0 Å². The third-order valence-electron chi connectivity index (χ3n) is 3.05. The monoisotopic (exact) mass is 266 g/mol. The predicted molar refractivity (Wildman–Crippen MR) is 81.2 cm³/mol. The summed E-state index contributed by atoms with van der Waals surface area (Å²) in [6.07, 6.45) is 3.26. The molecule has 0 bridgehead atoms. The van der Waals surface area contributed by atoms with Crippen molar-refractivity contribution >= 4 is 5.69 Å². The number of hydrogen-bond acceptors (Lipinski definition) is 2. The Morgan fingerprint density at radius 2 is 1.68 bits per heavy atom. The molecule has 0 saturated carbocycles. The second kappa shape index (κ2) is 8.92.